The van der Waals surface area contributed by atoms with Crippen molar-refractivity contribution in [2.75, 3.05) is 13.2 Å². The van der Waals surface area contributed by atoms with Crippen LogP contribution >= 0.6 is 0 Å². The maximum atomic E-state index is 12.2. The van der Waals surface area contributed by atoms with Gasteiger partial charge >= 0.3 is 5.97 Å². The van der Waals surface area contributed by atoms with E-state index in [9.17, 15) is 9.90 Å². The minimum atomic E-state index is -1.10. The number of rotatable bonds is 4. The first-order valence-corrected chi connectivity index (χ1v) is 7.24. The lowest BCUT2D eigenvalue weighted by Crippen LogP contribution is -2.43. The third kappa shape index (κ3) is 2.54. The average molecular weight is 305 g/mol. The molecule has 0 amide bonds. The molecule has 0 unspecified atom stereocenters. The Labute approximate surface area is 128 Å². The maximum absolute atomic E-state index is 12.2. The van der Waals surface area contributed by atoms with Gasteiger partial charge in [0.2, 0.25) is 0 Å². The first-order valence-electron chi connectivity index (χ1n) is 7.24. The van der Waals surface area contributed by atoms with Crippen molar-refractivity contribution in [2.24, 2.45) is 0 Å². The van der Waals surface area contributed by atoms with Gasteiger partial charge in [-0.25, -0.2) is 9.78 Å². The third-order valence-corrected chi connectivity index (χ3v) is 4.12. The number of pyridine rings is 1. The second-order valence-electron chi connectivity index (χ2n) is 5.74. The van der Waals surface area contributed by atoms with Crippen LogP contribution in [0.5, 0.6) is 0 Å². The summed E-state index contributed by atoms with van der Waals surface area (Å²) in [5.74, 6) is -0.505. The number of ether oxygens (including phenoxy) is 3. The first kappa shape index (κ1) is 15.1. The van der Waals surface area contributed by atoms with Crippen LogP contribution in [0, 0.1) is 6.92 Å². The van der Waals surface area contributed by atoms with Crippen LogP contribution in [0.1, 0.15) is 22.5 Å². The first-order chi connectivity index (χ1) is 10.5. The third-order valence-electron chi connectivity index (χ3n) is 4.12. The molecule has 3 heterocycles. The van der Waals surface area contributed by atoms with Crippen LogP contribution in [0.2, 0.25) is 0 Å². The number of aromatic nitrogens is 1. The summed E-state index contributed by atoms with van der Waals surface area (Å²) in [5, 5.41) is 10.5. The van der Waals surface area contributed by atoms with Gasteiger partial charge in [0.15, 0.2) is 11.8 Å². The summed E-state index contributed by atoms with van der Waals surface area (Å²) in [5.41, 5.74) is -0.0714. The monoisotopic (exact) mass is 305 g/mol. The average Bonchev–Trinajstić information content (AvgIpc) is 3.03. The molecule has 2 aliphatic rings. The quantitative estimate of drug-likeness (QED) is 0.661. The molecule has 6 nitrogen and oxygen atoms in total. The highest BCUT2D eigenvalue weighted by Crippen LogP contribution is 2.37. The van der Waals surface area contributed by atoms with Crippen LogP contribution < -0.4 is 0 Å². The molecule has 22 heavy (non-hydrogen) atoms. The van der Waals surface area contributed by atoms with E-state index in [4.69, 9.17) is 14.2 Å². The van der Waals surface area contributed by atoms with Crippen LogP contribution in [0.25, 0.3) is 0 Å². The molecule has 1 N–H and O–H groups in total. The van der Waals surface area contributed by atoms with E-state index in [2.05, 4.69) is 11.6 Å². The second-order valence-corrected chi connectivity index (χ2v) is 5.74. The fraction of sp³-hybridized carbons (Fsp3) is 0.500. The zero-order valence-corrected chi connectivity index (χ0v) is 12.4. The Hall–Kier alpha value is -1.76. The highest BCUT2D eigenvalue weighted by molar-refractivity contribution is 5.88. The van der Waals surface area contributed by atoms with E-state index >= 15 is 0 Å². The van der Waals surface area contributed by atoms with Gasteiger partial charge in [0.25, 0.3) is 0 Å². The van der Waals surface area contributed by atoms with Crippen LogP contribution in [0.3, 0.4) is 0 Å². The molecule has 0 aromatic carbocycles. The van der Waals surface area contributed by atoms with E-state index in [0.717, 1.165) is 5.56 Å². The van der Waals surface area contributed by atoms with Crippen LogP contribution in [-0.4, -0.2) is 53.2 Å². The second kappa shape index (κ2) is 5.79. The molecule has 2 fully saturated rings. The number of hydrogen-bond acceptors (Lipinski definition) is 6. The van der Waals surface area contributed by atoms with Crippen LogP contribution in [0.15, 0.2) is 31.0 Å². The van der Waals surface area contributed by atoms with Crippen molar-refractivity contribution in [3.05, 3.63) is 42.2 Å². The van der Waals surface area contributed by atoms with Gasteiger partial charge in [0.1, 0.15) is 17.8 Å². The number of aliphatic hydroxyl groups is 1. The van der Waals surface area contributed by atoms with Crippen molar-refractivity contribution in [1.82, 2.24) is 4.98 Å². The van der Waals surface area contributed by atoms with Gasteiger partial charge in [0, 0.05) is 6.20 Å². The summed E-state index contributed by atoms with van der Waals surface area (Å²) < 4.78 is 16.7. The SMILES string of the molecule is C=CC[C@@]1(O)CO[C@@H]2[C@@H](OC(=O)c3ncccc3C)CO[C@@H]21. The van der Waals surface area contributed by atoms with E-state index in [1.165, 1.54) is 0 Å². The Kier molecular flexibility index (Phi) is 3.99. The topological polar surface area (TPSA) is 77.9 Å². The minimum absolute atomic E-state index is 0.144. The van der Waals surface area contributed by atoms with E-state index < -0.39 is 29.9 Å². The van der Waals surface area contributed by atoms with E-state index in [-0.39, 0.29) is 18.9 Å². The number of carbonyl (C=O) groups is 1. The lowest BCUT2D eigenvalue weighted by molar-refractivity contribution is -0.0684. The number of aryl methyl sites for hydroxylation is 1. The van der Waals surface area contributed by atoms with Gasteiger partial charge in [0.05, 0.1) is 13.2 Å². The lowest BCUT2D eigenvalue weighted by Gasteiger charge is -2.24. The highest BCUT2D eigenvalue weighted by atomic mass is 16.6. The summed E-state index contributed by atoms with van der Waals surface area (Å²) in [7, 11) is 0. The molecule has 0 saturated carbocycles. The molecule has 118 valence electrons. The van der Waals surface area contributed by atoms with Crippen molar-refractivity contribution in [2.45, 2.75) is 37.3 Å². The maximum Gasteiger partial charge on any atom is 0.357 e. The molecular weight excluding hydrogens is 286 g/mol. The molecule has 0 radical (unpaired) electrons. The van der Waals surface area contributed by atoms with Gasteiger partial charge in [-0.05, 0) is 25.0 Å². The predicted octanol–water partition coefficient (Wildman–Crippen LogP) is 1.02. The number of hydrogen-bond donors (Lipinski definition) is 1. The Morgan fingerprint density at radius 1 is 1.64 bits per heavy atom. The Morgan fingerprint density at radius 2 is 2.45 bits per heavy atom. The summed E-state index contributed by atoms with van der Waals surface area (Å²) in [6.45, 7) is 5.78. The molecule has 0 bridgehead atoms. The summed E-state index contributed by atoms with van der Waals surface area (Å²) in [6, 6.07) is 3.56. The minimum Gasteiger partial charge on any atom is -0.452 e. The molecule has 0 spiro atoms. The number of nitrogens with zero attached hydrogens (tertiary/aromatic N) is 1. The molecule has 1 aromatic heterocycles. The van der Waals surface area contributed by atoms with Crippen molar-refractivity contribution in [1.29, 1.82) is 0 Å². The largest absolute Gasteiger partial charge is 0.452 e. The van der Waals surface area contributed by atoms with Crippen molar-refractivity contribution in [3.8, 4) is 0 Å². The Balaban J connectivity index is 1.70. The van der Waals surface area contributed by atoms with Gasteiger partial charge in [-0.3, -0.25) is 0 Å². The van der Waals surface area contributed by atoms with Gasteiger partial charge < -0.3 is 19.3 Å². The van der Waals surface area contributed by atoms with Crippen LogP contribution in [0.4, 0.5) is 0 Å². The van der Waals surface area contributed by atoms with Crippen molar-refractivity contribution in [3.63, 3.8) is 0 Å². The fourth-order valence-corrected chi connectivity index (χ4v) is 2.98. The van der Waals surface area contributed by atoms with Gasteiger partial charge in [-0.2, -0.15) is 0 Å². The van der Waals surface area contributed by atoms with E-state index in [1.54, 1.807) is 31.3 Å². The number of carbonyl (C=O) groups excluding carboxylic acids is 1. The molecule has 0 aliphatic carbocycles. The summed E-state index contributed by atoms with van der Waals surface area (Å²) in [4.78, 5) is 16.3. The zero-order chi connectivity index (χ0) is 15.7. The predicted molar refractivity (Wildman–Crippen MR) is 77.4 cm³/mol. The molecule has 1 aromatic rings. The molecule has 6 heteroatoms. The molecule has 4 atom stereocenters. The van der Waals surface area contributed by atoms with E-state index in [1.807, 2.05) is 0 Å². The van der Waals surface area contributed by atoms with Crippen molar-refractivity contribution >= 4 is 5.97 Å². The normalized spacial score (nSPS) is 33.5. The lowest BCUT2D eigenvalue weighted by atomic mass is 9.93. The molecule has 2 aliphatic heterocycles. The van der Waals surface area contributed by atoms with Gasteiger partial charge in [-0.15, -0.1) is 6.58 Å². The highest BCUT2D eigenvalue weighted by Gasteiger charge is 2.56. The number of fused-ring (bicyclic) bond motifs is 1. The van der Waals surface area contributed by atoms with Gasteiger partial charge in [-0.1, -0.05) is 12.1 Å². The molecular formula is C16H19NO5. The smallest absolute Gasteiger partial charge is 0.357 e. The Morgan fingerprint density at radius 3 is 3.18 bits per heavy atom. The fourth-order valence-electron chi connectivity index (χ4n) is 2.98. The Bertz CT molecular complexity index is 590. The van der Waals surface area contributed by atoms with E-state index in [0.29, 0.717) is 6.42 Å². The molecule has 3 rings (SSSR count). The number of esters is 1. The van der Waals surface area contributed by atoms with Crippen LogP contribution in [-0.2, 0) is 14.2 Å². The standard InChI is InChI=1S/C16H19NO5/c1-3-6-16(19)9-21-13-11(8-20-14(13)16)22-15(18)12-10(2)5-4-7-17-12/h3-5,7,11,13-14,19H,1,6,8-9H2,2H3/t11-,13+,14-,16+/m0/s1. The molecule has 2 saturated heterocycles. The van der Waals surface area contributed by atoms with Crippen molar-refractivity contribution < 1.29 is 24.1 Å². The summed E-state index contributed by atoms with van der Waals surface area (Å²) >= 11 is 0. The summed E-state index contributed by atoms with van der Waals surface area (Å²) in [6.07, 6.45) is 2.04. The zero-order valence-electron chi connectivity index (χ0n) is 12.4.